The van der Waals surface area contributed by atoms with Crippen molar-refractivity contribution in [3.8, 4) is 45.0 Å². The first-order valence-corrected chi connectivity index (χ1v) is 11.5. The van der Waals surface area contributed by atoms with Crippen molar-refractivity contribution in [3.05, 3.63) is 80.1 Å². The third kappa shape index (κ3) is 3.69. The van der Waals surface area contributed by atoms with Crippen LogP contribution in [0.1, 0.15) is 4.88 Å². The Morgan fingerprint density at radius 3 is 2.10 bits per heavy atom. The van der Waals surface area contributed by atoms with Crippen LogP contribution in [0.3, 0.4) is 0 Å². The van der Waals surface area contributed by atoms with Gasteiger partial charge in [-0.05, 0) is 82.6 Å². The molecule has 4 aromatic rings. The van der Waals surface area contributed by atoms with E-state index in [0.717, 1.165) is 30.4 Å². The standard InChI is InChI=1S/C23H11IN4S2/c24-16-3-5-17(6-4-16)28-19(22-2-1-11-29-22)7-8-20(28)23-10-9-21(30-23)18(14-27)15(12-25)13-26/h1-11H. The number of allylic oxidation sites excluding steroid dienone is 2. The molecular formula is C23H11IN4S2. The zero-order valence-corrected chi connectivity index (χ0v) is 19.1. The molecule has 0 unspecified atom stereocenters. The highest BCUT2D eigenvalue weighted by Crippen LogP contribution is 2.38. The summed E-state index contributed by atoms with van der Waals surface area (Å²) in [5.41, 5.74) is 3.06. The Kier molecular flexibility index (Phi) is 5.83. The van der Waals surface area contributed by atoms with Crippen LogP contribution in [0, 0.1) is 37.6 Å². The highest BCUT2D eigenvalue weighted by atomic mass is 127. The molecule has 3 aromatic heterocycles. The Balaban J connectivity index is 1.90. The van der Waals surface area contributed by atoms with Crippen LogP contribution in [0.2, 0.25) is 0 Å². The largest absolute Gasteiger partial charge is 0.308 e. The highest BCUT2D eigenvalue weighted by Gasteiger charge is 2.18. The van der Waals surface area contributed by atoms with Gasteiger partial charge in [0.1, 0.15) is 23.8 Å². The molecule has 4 rings (SSSR count). The number of thiophene rings is 2. The smallest absolute Gasteiger partial charge is 0.148 e. The first-order chi connectivity index (χ1) is 14.7. The Hall–Kier alpha value is -3.16. The van der Waals surface area contributed by atoms with Crippen LogP contribution in [-0.2, 0) is 0 Å². The predicted octanol–water partition coefficient (Wildman–Crippen LogP) is 6.86. The van der Waals surface area contributed by atoms with Gasteiger partial charge in [0.25, 0.3) is 0 Å². The van der Waals surface area contributed by atoms with Crippen LogP contribution in [0.15, 0.2) is 71.6 Å². The molecule has 0 aliphatic heterocycles. The SMILES string of the molecule is N#CC(C#N)=C(C#N)c1ccc(-c2ccc(-c3cccs3)n2-c2ccc(I)cc2)s1. The Morgan fingerprint density at radius 2 is 1.50 bits per heavy atom. The molecule has 0 radical (unpaired) electrons. The summed E-state index contributed by atoms with van der Waals surface area (Å²) in [5, 5.41) is 29.8. The molecule has 3 heterocycles. The summed E-state index contributed by atoms with van der Waals surface area (Å²) < 4.78 is 3.36. The number of halogens is 1. The van der Waals surface area contributed by atoms with Crippen LogP contribution in [0.25, 0.3) is 32.4 Å². The Morgan fingerprint density at radius 1 is 0.800 bits per heavy atom. The molecule has 0 amide bonds. The van der Waals surface area contributed by atoms with E-state index >= 15 is 0 Å². The maximum absolute atomic E-state index is 9.47. The second kappa shape index (κ2) is 8.69. The average Bonchev–Trinajstić information content (AvgIpc) is 3.52. The van der Waals surface area contributed by atoms with Gasteiger partial charge < -0.3 is 4.57 Å². The summed E-state index contributed by atoms with van der Waals surface area (Å²) in [6, 6.07) is 25.9. The molecule has 0 N–H and O–H groups in total. The topological polar surface area (TPSA) is 76.3 Å². The lowest BCUT2D eigenvalue weighted by molar-refractivity contribution is 1.10. The molecule has 0 saturated heterocycles. The third-order valence-electron chi connectivity index (χ3n) is 4.43. The number of rotatable bonds is 4. The molecule has 1 aromatic carbocycles. The lowest BCUT2D eigenvalue weighted by Crippen LogP contribution is -1.97. The minimum Gasteiger partial charge on any atom is -0.308 e. The van der Waals surface area contributed by atoms with Gasteiger partial charge in [-0.1, -0.05) is 6.07 Å². The fourth-order valence-electron chi connectivity index (χ4n) is 3.09. The normalized spacial score (nSPS) is 10.1. The van der Waals surface area contributed by atoms with Crippen molar-refractivity contribution in [2.75, 3.05) is 0 Å². The number of nitrogens with zero attached hydrogens (tertiary/aromatic N) is 4. The van der Waals surface area contributed by atoms with Gasteiger partial charge in [0.15, 0.2) is 0 Å². The van der Waals surface area contributed by atoms with E-state index in [1.54, 1.807) is 17.4 Å². The van der Waals surface area contributed by atoms with Crippen LogP contribution in [0.4, 0.5) is 0 Å². The van der Waals surface area contributed by atoms with E-state index in [2.05, 4.69) is 75.0 Å². The quantitative estimate of drug-likeness (QED) is 0.212. The summed E-state index contributed by atoms with van der Waals surface area (Å²) in [7, 11) is 0. The van der Waals surface area contributed by atoms with Gasteiger partial charge >= 0.3 is 0 Å². The van der Waals surface area contributed by atoms with Crippen molar-refractivity contribution in [1.82, 2.24) is 4.57 Å². The number of aromatic nitrogens is 1. The fraction of sp³-hybridized carbons (Fsp3) is 0. The van der Waals surface area contributed by atoms with E-state index in [4.69, 9.17) is 10.5 Å². The predicted molar refractivity (Wildman–Crippen MR) is 129 cm³/mol. The Labute approximate surface area is 195 Å². The van der Waals surface area contributed by atoms with E-state index in [1.807, 2.05) is 30.3 Å². The third-order valence-corrected chi connectivity index (χ3v) is 7.17. The number of benzene rings is 1. The molecular weight excluding hydrogens is 523 g/mol. The van der Waals surface area contributed by atoms with Crippen molar-refractivity contribution in [3.63, 3.8) is 0 Å². The van der Waals surface area contributed by atoms with E-state index in [9.17, 15) is 5.26 Å². The van der Waals surface area contributed by atoms with Crippen LogP contribution >= 0.6 is 45.3 Å². The fourth-order valence-corrected chi connectivity index (χ4v) is 5.22. The first-order valence-electron chi connectivity index (χ1n) is 8.73. The van der Waals surface area contributed by atoms with Gasteiger partial charge in [-0.25, -0.2) is 0 Å². The lowest BCUT2D eigenvalue weighted by atomic mass is 10.1. The highest BCUT2D eigenvalue weighted by molar-refractivity contribution is 14.1. The summed E-state index contributed by atoms with van der Waals surface area (Å²) in [6.45, 7) is 0. The van der Waals surface area contributed by atoms with Crippen LogP contribution in [-0.4, -0.2) is 4.57 Å². The van der Waals surface area contributed by atoms with Gasteiger partial charge in [0.2, 0.25) is 0 Å². The van der Waals surface area contributed by atoms with E-state index in [-0.39, 0.29) is 11.1 Å². The maximum atomic E-state index is 9.47. The van der Waals surface area contributed by atoms with Gasteiger partial charge in [0, 0.05) is 14.1 Å². The minimum absolute atomic E-state index is 0.113. The summed E-state index contributed by atoms with van der Waals surface area (Å²) >= 11 is 5.37. The van der Waals surface area contributed by atoms with Crippen LogP contribution < -0.4 is 0 Å². The monoisotopic (exact) mass is 534 g/mol. The molecule has 0 fully saturated rings. The number of nitriles is 3. The van der Waals surface area contributed by atoms with Crippen molar-refractivity contribution in [1.29, 1.82) is 15.8 Å². The molecule has 0 bridgehead atoms. The molecule has 142 valence electrons. The average molecular weight is 534 g/mol. The maximum Gasteiger partial charge on any atom is 0.148 e. The zero-order valence-electron chi connectivity index (χ0n) is 15.3. The molecule has 0 aliphatic carbocycles. The Bertz CT molecular complexity index is 1350. The van der Waals surface area contributed by atoms with Crippen molar-refractivity contribution >= 4 is 50.8 Å². The van der Waals surface area contributed by atoms with Gasteiger partial charge in [-0.2, -0.15) is 15.8 Å². The first kappa shape index (κ1) is 20.1. The second-order valence-corrected chi connectivity index (χ2v) is 9.42. The molecule has 0 aliphatic rings. The number of hydrogen-bond acceptors (Lipinski definition) is 5. The minimum atomic E-state index is -0.168. The van der Waals surface area contributed by atoms with Crippen molar-refractivity contribution in [2.45, 2.75) is 0 Å². The lowest BCUT2D eigenvalue weighted by Gasteiger charge is -2.12. The zero-order chi connectivity index (χ0) is 21.1. The second-order valence-electron chi connectivity index (χ2n) is 6.14. The van der Waals surface area contributed by atoms with E-state index in [1.165, 1.54) is 11.3 Å². The van der Waals surface area contributed by atoms with Gasteiger partial charge in [-0.15, -0.1) is 22.7 Å². The number of hydrogen-bond donors (Lipinski definition) is 0. The van der Waals surface area contributed by atoms with E-state index < -0.39 is 0 Å². The summed E-state index contributed by atoms with van der Waals surface area (Å²) in [6.07, 6.45) is 0. The summed E-state index contributed by atoms with van der Waals surface area (Å²) in [4.78, 5) is 2.72. The molecule has 4 nitrogen and oxygen atoms in total. The van der Waals surface area contributed by atoms with Gasteiger partial charge in [-0.3, -0.25) is 0 Å². The van der Waals surface area contributed by atoms with Crippen molar-refractivity contribution in [2.24, 2.45) is 0 Å². The van der Waals surface area contributed by atoms with Crippen LogP contribution in [0.5, 0.6) is 0 Å². The molecule has 0 spiro atoms. The summed E-state index contributed by atoms with van der Waals surface area (Å²) in [5.74, 6) is 0. The molecule has 0 saturated carbocycles. The van der Waals surface area contributed by atoms with E-state index in [0.29, 0.717) is 4.88 Å². The van der Waals surface area contributed by atoms with Crippen molar-refractivity contribution < 1.29 is 0 Å². The molecule has 0 atom stereocenters. The molecule has 30 heavy (non-hydrogen) atoms. The van der Waals surface area contributed by atoms with Gasteiger partial charge in [0.05, 0.1) is 26.7 Å². The molecule has 7 heteroatoms.